The topological polar surface area (TPSA) is 92.9 Å². The van der Waals surface area contributed by atoms with E-state index >= 15 is 0 Å². The van der Waals surface area contributed by atoms with Crippen molar-refractivity contribution in [2.24, 2.45) is 0 Å². The number of hydrogen-bond acceptors (Lipinski definition) is 5. The first-order chi connectivity index (χ1) is 9.52. The molecule has 0 bridgehead atoms. The van der Waals surface area contributed by atoms with Gasteiger partial charge in [-0.2, -0.15) is 0 Å². The molecular weight excluding hydrogens is 264 g/mol. The molecular formula is C13H16N2O5. The molecule has 0 amide bonds. The number of carboxylic acid groups (broad SMARTS) is 1. The van der Waals surface area contributed by atoms with Gasteiger partial charge in [0.1, 0.15) is 0 Å². The summed E-state index contributed by atoms with van der Waals surface area (Å²) in [6.07, 6.45) is 1.72. The van der Waals surface area contributed by atoms with Crippen molar-refractivity contribution in [1.29, 1.82) is 0 Å². The number of methoxy groups -OCH3 is 1. The Morgan fingerprint density at radius 1 is 1.45 bits per heavy atom. The summed E-state index contributed by atoms with van der Waals surface area (Å²) in [4.78, 5) is 23.4. The van der Waals surface area contributed by atoms with E-state index in [1.54, 1.807) is 7.11 Å². The van der Waals surface area contributed by atoms with Crippen LogP contribution in [0.5, 0.6) is 0 Å². The van der Waals surface area contributed by atoms with Gasteiger partial charge in [-0.15, -0.1) is 0 Å². The molecule has 7 nitrogen and oxygen atoms in total. The zero-order valence-electron chi connectivity index (χ0n) is 11.1. The number of carboxylic acids is 1. The predicted molar refractivity (Wildman–Crippen MR) is 72.3 cm³/mol. The van der Waals surface area contributed by atoms with Gasteiger partial charge in [-0.05, 0) is 18.9 Å². The molecule has 0 aliphatic carbocycles. The van der Waals surface area contributed by atoms with E-state index in [0.717, 1.165) is 12.8 Å². The van der Waals surface area contributed by atoms with Gasteiger partial charge in [0, 0.05) is 32.3 Å². The molecule has 1 aromatic rings. The molecule has 0 radical (unpaired) electrons. The van der Waals surface area contributed by atoms with Crippen LogP contribution < -0.4 is 4.90 Å². The largest absolute Gasteiger partial charge is 0.478 e. The van der Waals surface area contributed by atoms with Gasteiger partial charge in [-0.3, -0.25) is 10.1 Å². The van der Waals surface area contributed by atoms with Crippen LogP contribution in [0.4, 0.5) is 11.4 Å². The second kappa shape index (κ2) is 5.87. The number of benzene rings is 1. The van der Waals surface area contributed by atoms with Crippen molar-refractivity contribution in [3.8, 4) is 0 Å². The van der Waals surface area contributed by atoms with Crippen LogP contribution in [0, 0.1) is 10.1 Å². The molecule has 1 aliphatic rings. The fraction of sp³-hybridized carbons (Fsp3) is 0.462. The minimum absolute atomic E-state index is 0.0893. The van der Waals surface area contributed by atoms with Crippen LogP contribution in [0.15, 0.2) is 18.2 Å². The Morgan fingerprint density at radius 2 is 2.10 bits per heavy atom. The predicted octanol–water partition coefficient (Wildman–Crippen LogP) is 1.91. The van der Waals surface area contributed by atoms with E-state index in [-0.39, 0.29) is 17.4 Å². The van der Waals surface area contributed by atoms with Crippen LogP contribution in [-0.4, -0.2) is 42.3 Å². The van der Waals surface area contributed by atoms with Crippen LogP contribution in [0.3, 0.4) is 0 Å². The van der Waals surface area contributed by atoms with E-state index in [9.17, 15) is 20.0 Å². The lowest BCUT2D eigenvalue weighted by atomic mass is 10.0. The number of anilines is 1. The van der Waals surface area contributed by atoms with Gasteiger partial charge in [0.15, 0.2) is 0 Å². The maximum absolute atomic E-state index is 11.2. The van der Waals surface area contributed by atoms with Crippen molar-refractivity contribution in [3.63, 3.8) is 0 Å². The maximum atomic E-state index is 11.2. The van der Waals surface area contributed by atoms with E-state index in [1.807, 2.05) is 4.90 Å². The summed E-state index contributed by atoms with van der Waals surface area (Å²) in [6, 6.07) is 3.84. The van der Waals surface area contributed by atoms with Gasteiger partial charge in [0.25, 0.3) is 5.69 Å². The Bertz CT molecular complexity index is 523. The molecule has 1 fully saturated rings. The highest BCUT2D eigenvalue weighted by Crippen LogP contribution is 2.29. The highest BCUT2D eigenvalue weighted by Gasteiger charge is 2.24. The van der Waals surface area contributed by atoms with Gasteiger partial charge in [-0.25, -0.2) is 4.79 Å². The number of hydrogen-bond donors (Lipinski definition) is 1. The number of nitro benzene ring substituents is 1. The van der Waals surface area contributed by atoms with E-state index in [2.05, 4.69) is 0 Å². The number of carbonyl (C=O) groups is 1. The third-order valence-electron chi connectivity index (χ3n) is 3.54. The molecule has 0 saturated carbocycles. The molecule has 1 aliphatic heterocycles. The van der Waals surface area contributed by atoms with Crippen molar-refractivity contribution in [3.05, 3.63) is 33.9 Å². The molecule has 1 aromatic carbocycles. The number of ether oxygens (including phenoxy) is 1. The highest BCUT2D eigenvalue weighted by atomic mass is 16.6. The molecule has 0 aromatic heterocycles. The third-order valence-corrected chi connectivity index (χ3v) is 3.54. The van der Waals surface area contributed by atoms with Gasteiger partial charge >= 0.3 is 5.97 Å². The summed E-state index contributed by atoms with van der Waals surface area (Å²) in [5.74, 6) is -1.08. The van der Waals surface area contributed by atoms with Crippen molar-refractivity contribution < 1.29 is 19.6 Å². The van der Waals surface area contributed by atoms with E-state index in [4.69, 9.17) is 4.74 Å². The Kier molecular flexibility index (Phi) is 4.19. The quantitative estimate of drug-likeness (QED) is 0.669. The van der Waals surface area contributed by atoms with Crippen molar-refractivity contribution in [2.45, 2.75) is 18.9 Å². The normalized spacial score (nSPS) is 16.1. The number of nitro groups is 1. The Labute approximate surface area is 115 Å². The van der Waals surface area contributed by atoms with Crippen molar-refractivity contribution in [1.82, 2.24) is 0 Å². The Hall–Kier alpha value is -2.15. The SMILES string of the molecule is COC1CCN(c2cc([N+](=O)[O-])ccc2C(=O)O)CC1. The van der Waals surface area contributed by atoms with E-state index in [0.29, 0.717) is 18.8 Å². The third kappa shape index (κ3) is 2.88. The van der Waals surface area contributed by atoms with Gasteiger partial charge in [0.2, 0.25) is 0 Å². The standard InChI is InChI=1S/C13H16N2O5/c1-20-10-4-6-14(7-5-10)12-8-9(15(18)19)2-3-11(12)13(16)17/h2-3,8,10H,4-7H2,1H3,(H,16,17). The average molecular weight is 280 g/mol. The van der Waals surface area contributed by atoms with Crippen molar-refractivity contribution in [2.75, 3.05) is 25.1 Å². The first kappa shape index (κ1) is 14.3. The van der Waals surface area contributed by atoms with Crippen LogP contribution in [0.2, 0.25) is 0 Å². The van der Waals surface area contributed by atoms with Gasteiger partial charge < -0.3 is 14.7 Å². The van der Waals surface area contributed by atoms with Gasteiger partial charge in [-0.1, -0.05) is 0 Å². The lowest BCUT2D eigenvalue weighted by molar-refractivity contribution is -0.384. The maximum Gasteiger partial charge on any atom is 0.337 e. The van der Waals surface area contributed by atoms with Crippen LogP contribution in [0.25, 0.3) is 0 Å². The fourth-order valence-electron chi connectivity index (χ4n) is 2.41. The lowest BCUT2D eigenvalue weighted by Gasteiger charge is -2.33. The summed E-state index contributed by atoms with van der Waals surface area (Å²) in [6.45, 7) is 1.25. The van der Waals surface area contributed by atoms with Crippen LogP contribution in [-0.2, 0) is 4.74 Å². The van der Waals surface area contributed by atoms with Crippen LogP contribution >= 0.6 is 0 Å². The summed E-state index contributed by atoms with van der Waals surface area (Å²) >= 11 is 0. The molecule has 1 N–H and O–H groups in total. The fourth-order valence-corrected chi connectivity index (χ4v) is 2.41. The summed E-state index contributed by atoms with van der Waals surface area (Å²) in [5, 5.41) is 20.0. The Balaban J connectivity index is 2.31. The molecule has 1 heterocycles. The zero-order chi connectivity index (χ0) is 14.7. The Morgan fingerprint density at radius 3 is 2.60 bits per heavy atom. The molecule has 0 unspecified atom stereocenters. The van der Waals surface area contributed by atoms with Crippen molar-refractivity contribution >= 4 is 17.3 Å². The second-order valence-corrected chi connectivity index (χ2v) is 4.69. The highest BCUT2D eigenvalue weighted by molar-refractivity contribution is 5.95. The average Bonchev–Trinajstić information content (AvgIpc) is 2.46. The number of piperidine rings is 1. The van der Waals surface area contributed by atoms with E-state index < -0.39 is 10.9 Å². The molecule has 20 heavy (non-hydrogen) atoms. The molecule has 1 saturated heterocycles. The first-order valence-corrected chi connectivity index (χ1v) is 6.32. The first-order valence-electron chi connectivity index (χ1n) is 6.32. The smallest absolute Gasteiger partial charge is 0.337 e. The van der Waals surface area contributed by atoms with E-state index in [1.165, 1.54) is 18.2 Å². The molecule has 0 atom stereocenters. The molecule has 7 heteroatoms. The molecule has 2 rings (SSSR count). The second-order valence-electron chi connectivity index (χ2n) is 4.69. The zero-order valence-corrected chi connectivity index (χ0v) is 11.1. The van der Waals surface area contributed by atoms with Crippen LogP contribution in [0.1, 0.15) is 23.2 Å². The number of aromatic carboxylic acids is 1. The number of non-ortho nitro benzene ring substituents is 1. The number of nitrogens with zero attached hydrogens (tertiary/aromatic N) is 2. The van der Waals surface area contributed by atoms with Gasteiger partial charge in [0.05, 0.1) is 22.3 Å². The molecule has 0 spiro atoms. The lowest BCUT2D eigenvalue weighted by Crippen LogP contribution is -2.37. The number of rotatable bonds is 4. The summed E-state index contributed by atoms with van der Waals surface area (Å²) in [7, 11) is 1.65. The minimum atomic E-state index is -1.08. The molecule has 108 valence electrons. The monoisotopic (exact) mass is 280 g/mol. The summed E-state index contributed by atoms with van der Waals surface area (Å²) in [5.41, 5.74) is 0.395. The minimum Gasteiger partial charge on any atom is -0.478 e. The summed E-state index contributed by atoms with van der Waals surface area (Å²) < 4.78 is 5.26.